The van der Waals surface area contributed by atoms with E-state index >= 15 is 0 Å². The molecule has 3 aromatic rings. The van der Waals surface area contributed by atoms with Crippen molar-refractivity contribution in [3.63, 3.8) is 0 Å². The number of anilines is 1. The van der Waals surface area contributed by atoms with E-state index in [4.69, 9.17) is 30.8 Å². The van der Waals surface area contributed by atoms with Gasteiger partial charge in [-0.3, -0.25) is 0 Å². The second kappa shape index (κ2) is 8.55. The van der Waals surface area contributed by atoms with Gasteiger partial charge < -0.3 is 19.1 Å². The first kappa shape index (κ1) is 20.4. The largest absolute Gasteiger partial charge is 0.494 e. The normalized spacial score (nSPS) is 19.3. The van der Waals surface area contributed by atoms with Crippen LogP contribution in [0.25, 0.3) is 15.9 Å². The maximum Gasteiger partial charge on any atom is 0.192 e. The van der Waals surface area contributed by atoms with E-state index < -0.39 is 0 Å². The van der Waals surface area contributed by atoms with E-state index in [1.54, 1.807) is 24.6 Å². The minimum atomic E-state index is -0.0690. The second-order valence-corrected chi connectivity index (χ2v) is 8.68. The Bertz CT molecular complexity index is 1190. The zero-order valence-corrected chi connectivity index (χ0v) is 18.7. The maximum absolute atomic E-state index is 6.11. The Balaban J connectivity index is 1.41. The maximum atomic E-state index is 6.11. The van der Waals surface area contributed by atoms with Crippen LogP contribution in [0.5, 0.6) is 5.75 Å². The van der Waals surface area contributed by atoms with Crippen LogP contribution in [-0.2, 0) is 9.47 Å². The minimum absolute atomic E-state index is 0.0690. The Morgan fingerprint density at radius 2 is 2.13 bits per heavy atom. The van der Waals surface area contributed by atoms with E-state index in [2.05, 4.69) is 40.0 Å². The molecule has 5 rings (SSSR count). The number of hydrogen-bond acceptors (Lipinski definition) is 8. The molecule has 9 heteroatoms. The van der Waals surface area contributed by atoms with Crippen molar-refractivity contribution in [1.82, 2.24) is 15.0 Å². The molecule has 0 N–H and O–H groups in total. The number of methoxy groups -OCH3 is 1. The summed E-state index contributed by atoms with van der Waals surface area (Å²) in [6.45, 7) is 4.57. The summed E-state index contributed by atoms with van der Waals surface area (Å²) >= 11 is 7.73. The Hall–Kier alpha value is -2.52. The van der Waals surface area contributed by atoms with Gasteiger partial charge in [0.05, 0.1) is 37.8 Å². The van der Waals surface area contributed by atoms with Gasteiger partial charge in [0.15, 0.2) is 10.8 Å². The average molecular weight is 457 g/mol. The van der Waals surface area contributed by atoms with Gasteiger partial charge in [0.2, 0.25) is 0 Å². The number of rotatable bonds is 4. The Kier molecular flexibility index (Phi) is 5.62. The highest BCUT2D eigenvalue weighted by atomic mass is 35.5. The van der Waals surface area contributed by atoms with Gasteiger partial charge >= 0.3 is 0 Å². The summed E-state index contributed by atoms with van der Waals surface area (Å²) in [7, 11) is 1.63. The lowest BCUT2D eigenvalue weighted by Crippen LogP contribution is -2.23. The average Bonchev–Trinajstić information content (AvgIpc) is 3.22. The molecule has 1 fully saturated rings. The molecule has 0 spiro atoms. The quantitative estimate of drug-likeness (QED) is 0.529. The molecule has 0 aliphatic carbocycles. The van der Waals surface area contributed by atoms with Crippen LogP contribution in [0.4, 0.5) is 5.13 Å². The molecule has 160 valence electrons. The Morgan fingerprint density at radius 3 is 2.90 bits per heavy atom. The van der Waals surface area contributed by atoms with Crippen molar-refractivity contribution in [3.05, 3.63) is 58.7 Å². The van der Waals surface area contributed by atoms with Crippen LogP contribution < -0.4 is 9.64 Å². The summed E-state index contributed by atoms with van der Waals surface area (Å²) in [6.07, 6.45) is 7.66. The number of fused-ring (bicyclic) bond motifs is 1. The smallest absolute Gasteiger partial charge is 0.192 e. The third kappa shape index (κ3) is 4.04. The standard InChI is InChI=1S/C22H21ClN4O3S/c1-13-7-14(16-9-20(23)24-11-17(16)28-2)3-4-27(13)22-26-21-19(31-22)8-15(10-25-21)18-12-29-5-6-30-18/h3,7-11,18H,4-6,12H2,1-2H3. The number of allylic oxidation sites excluding steroid dienone is 3. The molecular formula is C22H21ClN4O3S. The molecule has 2 aliphatic rings. The summed E-state index contributed by atoms with van der Waals surface area (Å²) in [6, 6.07) is 3.93. The van der Waals surface area contributed by atoms with Gasteiger partial charge in [-0.2, -0.15) is 4.98 Å². The number of ether oxygens (including phenoxy) is 3. The number of thiazole rings is 1. The first-order valence-electron chi connectivity index (χ1n) is 9.94. The van der Waals surface area contributed by atoms with Crippen molar-refractivity contribution in [2.24, 2.45) is 0 Å². The zero-order chi connectivity index (χ0) is 21.4. The lowest BCUT2D eigenvalue weighted by molar-refractivity contribution is -0.0902. The van der Waals surface area contributed by atoms with Crippen LogP contribution >= 0.6 is 22.9 Å². The van der Waals surface area contributed by atoms with Crippen molar-refractivity contribution in [2.45, 2.75) is 13.0 Å². The van der Waals surface area contributed by atoms with Crippen molar-refractivity contribution >= 4 is 44.0 Å². The predicted molar refractivity (Wildman–Crippen MR) is 122 cm³/mol. The number of nitrogens with zero attached hydrogens (tertiary/aromatic N) is 4. The summed E-state index contributed by atoms with van der Waals surface area (Å²) < 4.78 is 17.8. The molecule has 0 amide bonds. The lowest BCUT2D eigenvalue weighted by atomic mass is 10.0. The van der Waals surface area contributed by atoms with Gasteiger partial charge in [0, 0.05) is 29.6 Å². The highest BCUT2D eigenvalue weighted by Crippen LogP contribution is 2.36. The van der Waals surface area contributed by atoms with E-state index in [9.17, 15) is 0 Å². The fraction of sp³-hybridized carbons (Fsp3) is 0.318. The van der Waals surface area contributed by atoms with Crippen molar-refractivity contribution in [3.8, 4) is 5.75 Å². The molecule has 0 bridgehead atoms. The highest BCUT2D eigenvalue weighted by molar-refractivity contribution is 7.22. The van der Waals surface area contributed by atoms with E-state index in [1.165, 1.54) is 0 Å². The molecule has 0 saturated carbocycles. The van der Waals surface area contributed by atoms with Gasteiger partial charge in [-0.05, 0) is 30.7 Å². The van der Waals surface area contributed by atoms with E-state index in [-0.39, 0.29) is 6.10 Å². The monoisotopic (exact) mass is 456 g/mol. The molecule has 5 heterocycles. The van der Waals surface area contributed by atoms with Gasteiger partial charge in [0.25, 0.3) is 0 Å². The molecule has 31 heavy (non-hydrogen) atoms. The van der Waals surface area contributed by atoms with Gasteiger partial charge in [-0.1, -0.05) is 29.0 Å². The second-order valence-electron chi connectivity index (χ2n) is 7.28. The number of aromatic nitrogens is 3. The predicted octanol–water partition coefficient (Wildman–Crippen LogP) is 4.64. The third-order valence-corrected chi connectivity index (χ3v) is 6.55. The van der Waals surface area contributed by atoms with Crippen molar-refractivity contribution in [1.29, 1.82) is 0 Å². The molecule has 7 nitrogen and oxygen atoms in total. The molecule has 3 aromatic heterocycles. The van der Waals surface area contributed by atoms with Crippen molar-refractivity contribution < 1.29 is 14.2 Å². The fourth-order valence-corrected chi connectivity index (χ4v) is 4.91. The molecule has 1 atom stereocenters. The molecule has 1 saturated heterocycles. The summed E-state index contributed by atoms with van der Waals surface area (Å²) in [5, 5.41) is 1.34. The van der Waals surface area contributed by atoms with Crippen molar-refractivity contribution in [2.75, 3.05) is 38.4 Å². The highest BCUT2D eigenvalue weighted by Gasteiger charge is 2.21. The molecule has 0 aromatic carbocycles. The van der Waals surface area contributed by atoms with Crippen LogP contribution in [0.1, 0.15) is 24.2 Å². The SMILES string of the molecule is COc1cnc(Cl)cc1C1=CCN(c2nc3ncc(C4COCCO4)cc3s2)C(C)=C1. The molecule has 2 aliphatic heterocycles. The summed E-state index contributed by atoms with van der Waals surface area (Å²) in [5.41, 5.74) is 4.82. The van der Waals surface area contributed by atoms with Crippen LogP contribution in [0, 0.1) is 0 Å². The number of hydrogen-bond donors (Lipinski definition) is 0. The fourth-order valence-electron chi connectivity index (χ4n) is 3.71. The topological polar surface area (TPSA) is 69.6 Å². The zero-order valence-electron chi connectivity index (χ0n) is 17.2. The van der Waals surface area contributed by atoms with Gasteiger partial charge in [0.1, 0.15) is 17.0 Å². The van der Waals surface area contributed by atoms with Crippen LogP contribution in [0.2, 0.25) is 5.15 Å². The van der Waals surface area contributed by atoms with Crippen LogP contribution in [-0.4, -0.2) is 48.4 Å². The first-order chi connectivity index (χ1) is 15.1. The van der Waals surface area contributed by atoms with E-state index in [0.717, 1.165) is 37.9 Å². The third-order valence-electron chi connectivity index (χ3n) is 5.32. The first-order valence-corrected chi connectivity index (χ1v) is 11.1. The molecule has 1 unspecified atom stereocenters. The van der Waals surface area contributed by atoms with E-state index in [0.29, 0.717) is 37.3 Å². The minimum Gasteiger partial charge on any atom is -0.494 e. The van der Waals surface area contributed by atoms with Gasteiger partial charge in [-0.15, -0.1) is 0 Å². The molecule has 0 radical (unpaired) electrons. The lowest BCUT2D eigenvalue weighted by Gasteiger charge is -2.25. The van der Waals surface area contributed by atoms with E-state index in [1.807, 2.05) is 12.3 Å². The Morgan fingerprint density at radius 1 is 1.23 bits per heavy atom. The number of pyridine rings is 2. The van der Waals surface area contributed by atoms with Crippen LogP contribution in [0.15, 0.2) is 42.4 Å². The van der Waals surface area contributed by atoms with Gasteiger partial charge in [-0.25, -0.2) is 9.97 Å². The Labute approximate surface area is 188 Å². The summed E-state index contributed by atoms with van der Waals surface area (Å²) in [4.78, 5) is 15.6. The van der Waals surface area contributed by atoms with Crippen LogP contribution in [0.3, 0.4) is 0 Å². The molecular weight excluding hydrogens is 436 g/mol. The number of halogens is 1. The summed E-state index contributed by atoms with van der Waals surface area (Å²) in [5.74, 6) is 0.693.